The van der Waals surface area contributed by atoms with Crippen molar-refractivity contribution >= 4 is 70.3 Å². The van der Waals surface area contributed by atoms with E-state index in [2.05, 4.69) is 36.3 Å². The minimum Gasteiger partial charge on any atom is -0.481 e. The Hall–Kier alpha value is -7.59. The van der Waals surface area contributed by atoms with Gasteiger partial charge in [0.1, 0.15) is 36.0 Å². The van der Waals surface area contributed by atoms with Crippen LogP contribution in [0, 0.1) is 5.82 Å². The van der Waals surface area contributed by atoms with E-state index in [0.29, 0.717) is 16.5 Å². The lowest BCUT2D eigenvalue weighted by atomic mass is 10.0. The fourth-order valence-corrected chi connectivity index (χ4v) is 5.98. The number of primary amides is 1. The summed E-state index contributed by atoms with van der Waals surface area (Å²) in [5.41, 5.74) is 6.85. The highest BCUT2D eigenvalue weighted by atomic mass is 19.1. The minimum atomic E-state index is -1.76. The second-order valence-electron chi connectivity index (χ2n) is 13.7. The van der Waals surface area contributed by atoms with Gasteiger partial charge in [-0.1, -0.05) is 30.3 Å². The number of aromatic nitrogens is 1. The molecule has 334 valence electrons. The van der Waals surface area contributed by atoms with Crippen LogP contribution in [-0.4, -0.2) is 123 Å². The molecule has 1 heterocycles. The molecule has 7 amide bonds. The van der Waals surface area contributed by atoms with Crippen LogP contribution in [0.4, 0.5) is 9.18 Å². The third-order valence-corrected chi connectivity index (χ3v) is 8.99. The molecular formula is C39H47FN8O14. The largest absolute Gasteiger partial charge is 0.481 e. The van der Waals surface area contributed by atoms with Crippen molar-refractivity contribution in [2.75, 3.05) is 13.2 Å². The van der Waals surface area contributed by atoms with E-state index in [9.17, 15) is 62.5 Å². The van der Waals surface area contributed by atoms with Crippen LogP contribution >= 0.6 is 0 Å². The number of H-pyrrole nitrogens is 1. The highest BCUT2D eigenvalue weighted by molar-refractivity contribution is 5.97. The minimum absolute atomic E-state index is 0.127. The second kappa shape index (κ2) is 23.9. The van der Waals surface area contributed by atoms with Gasteiger partial charge >= 0.3 is 24.0 Å². The Morgan fingerprint density at radius 2 is 1.29 bits per heavy atom. The molecule has 2 aromatic carbocycles. The van der Waals surface area contributed by atoms with Gasteiger partial charge in [0.2, 0.25) is 35.4 Å². The van der Waals surface area contributed by atoms with Gasteiger partial charge in [-0.25, -0.2) is 9.18 Å². The second-order valence-corrected chi connectivity index (χ2v) is 13.7. The molecule has 22 nitrogen and oxygen atoms in total. The summed E-state index contributed by atoms with van der Waals surface area (Å²) in [5, 5.41) is 42.0. The zero-order valence-electron chi connectivity index (χ0n) is 33.2. The van der Waals surface area contributed by atoms with E-state index in [1.807, 2.05) is 5.32 Å². The number of halogens is 1. The Labute approximate surface area is 351 Å². The van der Waals surface area contributed by atoms with Gasteiger partial charge in [0.25, 0.3) is 0 Å². The third-order valence-electron chi connectivity index (χ3n) is 8.99. The summed E-state index contributed by atoms with van der Waals surface area (Å²) >= 11 is 0. The molecule has 0 fully saturated rings. The number of aliphatic carboxylic acids is 3. The predicted molar refractivity (Wildman–Crippen MR) is 212 cm³/mol. The fourth-order valence-electron chi connectivity index (χ4n) is 5.98. The molecule has 1 unspecified atom stereocenters. The number of carboxylic acid groups (broad SMARTS) is 3. The first-order valence-electron chi connectivity index (χ1n) is 19.0. The molecule has 0 radical (unpaired) electrons. The average Bonchev–Trinajstić information content (AvgIpc) is 3.61. The summed E-state index contributed by atoms with van der Waals surface area (Å²) in [6.07, 6.45) is -3.22. The molecule has 1 aromatic heterocycles. The lowest BCUT2D eigenvalue weighted by Gasteiger charge is -2.25. The van der Waals surface area contributed by atoms with Crippen LogP contribution in [0.2, 0.25) is 0 Å². The number of amides is 7. The Morgan fingerprint density at radius 3 is 1.90 bits per heavy atom. The number of carbonyl (C=O) groups excluding carboxylic acids is 7. The van der Waals surface area contributed by atoms with Gasteiger partial charge in [0.15, 0.2) is 0 Å². The number of hydrogen-bond donors (Lipinski definition) is 11. The summed E-state index contributed by atoms with van der Waals surface area (Å²) in [6, 6.07) is 4.02. The normalized spacial score (nSPS) is 13.2. The number of para-hydroxylation sites is 1. The SMILES string of the molecule is CCOC(=O)N[C@H](CC(=O)O)C(=O)NC(CCC(=O)O)C(=O)NCC(=O)N[C@@H](Cc1cccc(F)c1)C(=O)N[C@@H](Cc1c[nH]c2ccccc12)C(=O)N[C@@H](CCC(=O)O)C(N)=O. The number of benzene rings is 2. The number of nitrogens with one attached hydrogen (secondary N) is 7. The average molecular weight is 871 g/mol. The first-order chi connectivity index (χ1) is 29.4. The summed E-state index contributed by atoms with van der Waals surface area (Å²) in [6.45, 7) is 0.426. The molecule has 0 saturated carbocycles. The number of rotatable bonds is 25. The van der Waals surface area contributed by atoms with E-state index in [1.165, 1.54) is 19.1 Å². The van der Waals surface area contributed by atoms with Crippen LogP contribution < -0.4 is 37.6 Å². The Kier molecular flexibility index (Phi) is 18.8. The van der Waals surface area contributed by atoms with Gasteiger partial charge in [-0.3, -0.25) is 43.2 Å². The zero-order chi connectivity index (χ0) is 45.9. The molecule has 0 aliphatic carbocycles. The van der Waals surface area contributed by atoms with Crippen LogP contribution in [0.3, 0.4) is 0 Å². The molecule has 0 aliphatic heterocycles. The number of aromatic amines is 1. The summed E-state index contributed by atoms with van der Waals surface area (Å²) in [4.78, 5) is 128. The zero-order valence-corrected chi connectivity index (χ0v) is 33.2. The van der Waals surface area contributed by atoms with E-state index >= 15 is 0 Å². The van der Waals surface area contributed by atoms with Crippen LogP contribution in [0.15, 0.2) is 54.7 Å². The van der Waals surface area contributed by atoms with E-state index < -0.39 is 128 Å². The van der Waals surface area contributed by atoms with Crippen molar-refractivity contribution < 1.29 is 72.4 Å². The highest BCUT2D eigenvalue weighted by Gasteiger charge is 2.32. The number of carboxylic acids is 3. The van der Waals surface area contributed by atoms with Crippen LogP contribution in [0.5, 0.6) is 0 Å². The summed E-state index contributed by atoms with van der Waals surface area (Å²) < 4.78 is 18.9. The lowest BCUT2D eigenvalue weighted by molar-refractivity contribution is -0.140. The number of alkyl carbamates (subject to hydrolysis) is 1. The maximum atomic E-state index is 14.2. The monoisotopic (exact) mass is 870 g/mol. The van der Waals surface area contributed by atoms with Crippen molar-refractivity contribution in [3.05, 3.63) is 71.7 Å². The van der Waals surface area contributed by atoms with Crippen LogP contribution in [0.1, 0.15) is 50.2 Å². The van der Waals surface area contributed by atoms with Gasteiger partial charge in [-0.05, 0) is 49.1 Å². The Morgan fingerprint density at radius 1 is 0.694 bits per heavy atom. The van der Waals surface area contributed by atoms with Crippen molar-refractivity contribution in [2.45, 2.75) is 82.1 Å². The molecule has 0 bridgehead atoms. The van der Waals surface area contributed by atoms with Crippen molar-refractivity contribution in [3.63, 3.8) is 0 Å². The van der Waals surface area contributed by atoms with Gasteiger partial charge < -0.3 is 62.7 Å². The van der Waals surface area contributed by atoms with Crippen molar-refractivity contribution in [1.29, 1.82) is 0 Å². The first kappa shape index (κ1) is 48.8. The van der Waals surface area contributed by atoms with Gasteiger partial charge in [0.05, 0.1) is 19.6 Å². The van der Waals surface area contributed by atoms with Crippen LogP contribution in [-0.2, 0) is 60.7 Å². The molecule has 0 spiro atoms. The lowest BCUT2D eigenvalue weighted by Crippen LogP contribution is -2.58. The molecule has 23 heteroatoms. The van der Waals surface area contributed by atoms with Gasteiger partial charge in [0, 0.05) is 42.8 Å². The van der Waals surface area contributed by atoms with E-state index in [4.69, 9.17) is 10.8 Å². The van der Waals surface area contributed by atoms with Crippen molar-refractivity contribution in [2.24, 2.45) is 5.73 Å². The molecule has 0 aliphatic rings. The Bertz CT molecular complexity index is 2150. The van der Waals surface area contributed by atoms with E-state index in [1.54, 1.807) is 30.5 Å². The summed E-state index contributed by atoms with van der Waals surface area (Å²) in [5.74, 6) is -11.2. The van der Waals surface area contributed by atoms with Gasteiger partial charge in [-0.2, -0.15) is 0 Å². The van der Waals surface area contributed by atoms with Gasteiger partial charge in [-0.15, -0.1) is 0 Å². The Balaban J connectivity index is 1.86. The molecule has 12 N–H and O–H groups in total. The van der Waals surface area contributed by atoms with Crippen molar-refractivity contribution in [3.8, 4) is 0 Å². The molecular weight excluding hydrogens is 823 g/mol. The molecule has 62 heavy (non-hydrogen) atoms. The van der Waals surface area contributed by atoms with E-state index in [0.717, 1.165) is 12.1 Å². The smallest absolute Gasteiger partial charge is 0.407 e. The number of ether oxygens (including phenoxy) is 1. The maximum Gasteiger partial charge on any atom is 0.407 e. The maximum absolute atomic E-state index is 14.2. The number of fused-ring (bicyclic) bond motifs is 1. The molecule has 3 rings (SSSR count). The molecule has 5 atom stereocenters. The molecule has 3 aromatic rings. The number of carbonyl (C=O) groups is 10. The fraction of sp³-hybridized carbons (Fsp3) is 0.385. The first-order valence-corrected chi connectivity index (χ1v) is 19.0. The third kappa shape index (κ3) is 16.2. The number of hydrogen-bond acceptors (Lipinski definition) is 11. The van der Waals surface area contributed by atoms with E-state index in [-0.39, 0.29) is 31.4 Å². The molecule has 0 saturated heterocycles. The number of nitrogens with two attached hydrogens (primary N) is 1. The standard InChI is InChI=1S/C39H47FN8O14/c1-2-62-39(61)48-29(17-33(54)55)38(60)46-26(11-13-32(52)53)35(57)43-19-30(49)44-27(15-20-6-5-7-22(40)14-20)36(58)47-28(16-21-18-42-24-9-4-3-8-23(21)24)37(59)45-25(34(41)56)10-12-31(50)51/h3-9,14,18,25-29,42H,2,10-13,15-17,19H2,1H3,(H2,41,56)(H,43,57)(H,44,49)(H,45,59)(H,46,60)(H,47,58)(H,48,61)(H,50,51)(H,52,53)(H,54,55)/t25-,26?,27-,28-,29+/m0/s1. The quantitative estimate of drug-likeness (QED) is 0.0484. The summed E-state index contributed by atoms with van der Waals surface area (Å²) in [7, 11) is 0. The van der Waals surface area contributed by atoms with Crippen LogP contribution in [0.25, 0.3) is 10.9 Å². The topological polar surface area (TPSA) is 355 Å². The predicted octanol–water partition coefficient (Wildman–Crippen LogP) is -1.05. The van der Waals surface area contributed by atoms with Crippen molar-refractivity contribution in [1.82, 2.24) is 36.9 Å². The highest BCUT2D eigenvalue weighted by Crippen LogP contribution is 2.20.